The number of fused-ring (bicyclic) bond motifs is 3. The van der Waals surface area contributed by atoms with Crippen LogP contribution in [0.4, 0.5) is 10.7 Å². The molecule has 1 saturated heterocycles. The van der Waals surface area contributed by atoms with E-state index in [-0.39, 0.29) is 5.84 Å². The molecule has 1 atom stereocenters. The highest BCUT2D eigenvalue weighted by molar-refractivity contribution is 6.19. The van der Waals surface area contributed by atoms with Gasteiger partial charge in [0.2, 0.25) is 17.8 Å². The summed E-state index contributed by atoms with van der Waals surface area (Å²) in [5.41, 5.74) is 6.67. The first-order chi connectivity index (χ1) is 14.3. The number of primary amides is 1. The highest BCUT2D eigenvalue weighted by Crippen LogP contribution is 2.35. The first kappa shape index (κ1) is 19.4. The summed E-state index contributed by atoms with van der Waals surface area (Å²) in [4.78, 5) is 43.7. The quantitative estimate of drug-likeness (QED) is 0.694. The minimum Gasteiger partial charge on any atom is -0.497 e. The molecule has 1 aromatic heterocycles. The van der Waals surface area contributed by atoms with E-state index in [2.05, 4.69) is 4.99 Å². The molecule has 30 heavy (non-hydrogen) atoms. The molecule has 0 aliphatic carbocycles. The molecule has 4 rings (SSSR count). The number of nitrogens with zero attached hydrogens (tertiary/aromatic N) is 5. The monoisotopic (exact) mass is 413 g/mol. The van der Waals surface area contributed by atoms with Gasteiger partial charge in [-0.2, -0.15) is 4.57 Å². The van der Waals surface area contributed by atoms with Gasteiger partial charge >= 0.3 is 12.0 Å². The molecule has 156 valence electrons. The Bertz CT molecular complexity index is 1120. The van der Waals surface area contributed by atoms with Crippen molar-refractivity contribution in [2.24, 2.45) is 10.7 Å². The molecule has 11 heteroatoms. The standard InChI is InChI=1S/C19H20N6O5/c1-10-8-23-15-16(22(2)19(28)24(17(15)27)9-14(20)26)21-18(23)25(10)12-7-11(29-3)5-6-13(12)30-4/h5-8,15H,9H2,1-4H3,(H-,20,26)/p+1. The number of hydrogen-bond acceptors (Lipinski definition) is 6. The molecule has 0 saturated carbocycles. The summed E-state index contributed by atoms with van der Waals surface area (Å²) in [6, 6.07) is 3.82. The Balaban J connectivity index is 1.88. The van der Waals surface area contributed by atoms with E-state index in [0.717, 1.165) is 10.6 Å². The van der Waals surface area contributed by atoms with Gasteiger partial charge in [0.15, 0.2) is 11.4 Å². The predicted molar refractivity (Wildman–Crippen MR) is 104 cm³/mol. The Kier molecular flexibility index (Phi) is 4.45. The minimum atomic E-state index is -0.876. The fourth-order valence-electron chi connectivity index (χ4n) is 3.76. The second-order valence-corrected chi connectivity index (χ2v) is 6.96. The number of urea groups is 1. The average Bonchev–Trinajstić information content (AvgIpc) is 3.23. The van der Waals surface area contributed by atoms with Crippen LogP contribution >= 0.6 is 0 Å². The summed E-state index contributed by atoms with van der Waals surface area (Å²) in [6.45, 7) is 1.37. The van der Waals surface area contributed by atoms with Crippen molar-refractivity contribution in [2.75, 3.05) is 27.8 Å². The van der Waals surface area contributed by atoms with Gasteiger partial charge in [0, 0.05) is 13.1 Å². The number of methoxy groups -OCH3 is 2. The molecular weight excluding hydrogens is 392 g/mol. The molecule has 0 radical (unpaired) electrons. The summed E-state index contributed by atoms with van der Waals surface area (Å²) in [5.74, 6) is 0.581. The smallest absolute Gasteiger partial charge is 0.407 e. The van der Waals surface area contributed by atoms with E-state index in [1.165, 1.54) is 11.9 Å². The molecule has 1 fully saturated rings. The molecule has 2 aromatic rings. The highest BCUT2D eigenvalue weighted by atomic mass is 16.5. The van der Waals surface area contributed by atoms with E-state index in [9.17, 15) is 14.4 Å². The second kappa shape index (κ2) is 6.87. The number of imide groups is 1. The lowest BCUT2D eigenvalue weighted by Crippen LogP contribution is -2.63. The van der Waals surface area contributed by atoms with Crippen molar-refractivity contribution in [1.82, 2.24) is 14.4 Å². The first-order valence-electron chi connectivity index (χ1n) is 9.10. The van der Waals surface area contributed by atoms with Crippen LogP contribution in [-0.4, -0.2) is 65.9 Å². The van der Waals surface area contributed by atoms with Crippen molar-refractivity contribution in [2.45, 2.75) is 13.0 Å². The Morgan fingerprint density at radius 3 is 2.63 bits per heavy atom. The number of ether oxygens (including phenoxy) is 2. The topological polar surface area (TPSA) is 123 Å². The molecule has 2 aliphatic heterocycles. The molecule has 11 nitrogen and oxygen atoms in total. The maximum atomic E-state index is 13.1. The second-order valence-electron chi connectivity index (χ2n) is 6.96. The molecule has 4 amide bonds. The van der Waals surface area contributed by atoms with Gasteiger partial charge in [-0.25, -0.2) is 9.36 Å². The van der Waals surface area contributed by atoms with Crippen LogP contribution in [0.2, 0.25) is 0 Å². The van der Waals surface area contributed by atoms with Gasteiger partial charge in [0.05, 0.1) is 14.2 Å². The Morgan fingerprint density at radius 2 is 2.00 bits per heavy atom. The van der Waals surface area contributed by atoms with Crippen molar-refractivity contribution < 1.29 is 28.4 Å². The maximum absolute atomic E-state index is 13.1. The zero-order valence-electron chi connectivity index (χ0n) is 16.9. The summed E-state index contributed by atoms with van der Waals surface area (Å²) in [5, 5.41) is 0. The molecule has 1 unspecified atom stereocenters. The number of imidazole rings is 1. The number of carbonyl (C=O) groups is 3. The van der Waals surface area contributed by atoms with Crippen molar-refractivity contribution in [3.63, 3.8) is 0 Å². The Hall–Kier alpha value is -3.89. The molecule has 2 aliphatic rings. The average molecular weight is 413 g/mol. The third-order valence-electron chi connectivity index (χ3n) is 5.15. The number of likely N-dealkylation sites (N-methyl/N-ethyl adjacent to an activating group) is 1. The van der Waals surface area contributed by atoms with Crippen LogP contribution in [0.3, 0.4) is 0 Å². The molecular formula is C19H21N6O5+. The van der Waals surface area contributed by atoms with Crippen LogP contribution in [-0.2, 0) is 9.59 Å². The number of nitrogens with two attached hydrogens (primary N) is 1. The van der Waals surface area contributed by atoms with E-state index in [1.54, 1.807) is 43.2 Å². The van der Waals surface area contributed by atoms with Crippen molar-refractivity contribution in [3.8, 4) is 17.2 Å². The lowest BCUT2D eigenvalue weighted by molar-refractivity contribution is -0.676. The normalized spacial score (nSPS) is 17.6. The van der Waals surface area contributed by atoms with E-state index < -0.39 is 30.4 Å². The number of aliphatic imine (C=N–C) groups is 1. The van der Waals surface area contributed by atoms with Gasteiger partial charge < -0.3 is 15.2 Å². The van der Waals surface area contributed by atoms with Crippen LogP contribution < -0.4 is 19.8 Å². The van der Waals surface area contributed by atoms with Gasteiger partial charge in [0.25, 0.3) is 5.91 Å². The number of aromatic nitrogens is 2. The predicted octanol–water partition coefficient (Wildman–Crippen LogP) is 0.0544. The number of carbonyl (C=O) groups excluding carboxylic acids is 3. The number of rotatable bonds is 5. The SMILES string of the molecule is COc1ccc(OC)c(-n2c(C)c[n+]3c2N=C2C3C(=O)N(CC(N)=O)C(=O)N2C)c1. The van der Waals surface area contributed by atoms with Gasteiger partial charge in [-0.3, -0.25) is 19.4 Å². The van der Waals surface area contributed by atoms with Crippen LogP contribution in [0, 0.1) is 6.92 Å². The minimum absolute atomic E-state index is 0.274. The highest BCUT2D eigenvalue weighted by Gasteiger charge is 2.53. The molecule has 2 N–H and O–H groups in total. The molecule has 1 aromatic carbocycles. The summed E-state index contributed by atoms with van der Waals surface area (Å²) in [7, 11) is 4.62. The van der Waals surface area contributed by atoms with Crippen LogP contribution in [0.15, 0.2) is 29.4 Å². The summed E-state index contributed by atoms with van der Waals surface area (Å²) < 4.78 is 14.3. The van der Waals surface area contributed by atoms with E-state index in [0.29, 0.717) is 23.1 Å². The van der Waals surface area contributed by atoms with Crippen LogP contribution in [0.5, 0.6) is 11.5 Å². The third kappa shape index (κ3) is 2.70. The van der Waals surface area contributed by atoms with Crippen molar-refractivity contribution in [1.29, 1.82) is 0 Å². The molecule has 0 bridgehead atoms. The molecule has 0 spiro atoms. The number of amidine groups is 1. The number of benzene rings is 1. The van der Waals surface area contributed by atoms with Crippen molar-refractivity contribution in [3.05, 3.63) is 30.1 Å². The fourth-order valence-corrected chi connectivity index (χ4v) is 3.76. The van der Waals surface area contributed by atoms with E-state index in [4.69, 9.17) is 15.2 Å². The van der Waals surface area contributed by atoms with E-state index in [1.807, 2.05) is 11.5 Å². The van der Waals surface area contributed by atoms with Crippen molar-refractivity contribution >= 4 is 29.6 Å². The van der Waals surface area contributed by atoms with Crippen LogP contribution in [0.25, 0.3) is 5.69 Å². The third-order valence-corrected chi connectivity index (χ3v) is 5.15. The van der Waals surface area contributed by atoms with Gasteiger partial charge in [-0.1, -0.05) is 4.99 Å². The largest absolute Gasteiger partial charge is 0.497 e. The zero-order valence-corrected chi connectivity index (χ0v) is 16.9. The van der Waals surface area contributed by atoms with E-state index >= 15 is 0 Å². The number of aryl methyl sites for hydroxylation is 1. The number of hydrogen-bond donors (Lipinski definition) is 1. The number of amides is 4. The van der Waals surface area contributed by atoms with Crippen LogP contribution in [0.1, 0.15) is 11.7 Å². The lowest BCUT2D eigenvalue weighted by atomic mass is 10.1. The summed E-state index contributed by atoms with van der Waals surface area (Å²) in [6.07, 6.45) is 1.76. The van der Waals surface area contributed by atoms with Gasteiger partial charge in [-0.15, -0.1) is 0 Å². The summed E-state index contributed by atoms with van der Waals surface area (Å²) >= 11 is 0. The zero-order chi connectivity index (χ0) is 21.7. The molecule has 3 heterocycles. The first-order valence-corrected chi connectivity index (χ1v) is 9.10. The van der Waals surface area contributed by atoms with Gasteiger partial charge in [-0.05, 0) is 19.1 Å². The fraction of sp³-hybridized carbons (Fsp3) is 0.316. The van der Waals surface area contributed by atoms with Gasteiger partial charge in [0.1, 0.15) is 24.2 Å². The maximum Gasteiger partial charge on any atom is 0.407 e. The lowest BCUT2D eigenvalue weighted by Gasteiger charge is -2.32. The Morgan fingerprint density at radius 1 is 1.27 bits per heavy atom. The Labute approximate surface area is 171 Å².